The quantitative estimate of drug-likeness (QED) is 0.840. The molecule has 5 heteroatoms. The molecule has 0 atom stereocenters. The van der Waals surface area contributed by atoms with Crippen LogP contribution < -0.4 is 5.32 Å². The molecule has 0 fully saturated rings. The number of urea groups is 1. The molecule has 0 bridgehead atoms. The molecule has 0 heterocycles. The van der Waals surface area contributed by atoms with Crippen LogP contribution in [0.25, 0.3) is 0 Å². The van der Waals surface area contributed by atoms with Crippen LogP contribution in [0.5, 0.6) is 0 Å². The molecule has 19 heavy (non-hydrogen) atoms. The minimum absolute atomic E-state index is 0.255. The predicted octanol–water partition coefficient (Wildman–Crippen LogP) is 3.56. The van der Waals surface area contributed by atoms with Crippen LogP contribution in [0.4, 0.5) is 4.79 Å². The number of carbonyl (C=O) groups excluding carboxylic acids is 1. The fourth-order valence-corrected chi connectivity index (χ4v) is 1.92. The molecular formula is C14H21ClN2O2. The van der Waals surface area contributed by atoms with E-state index in [2.05, 4.69) is 5.32 Å². The summed E-state index contributed by atoms with van der Waals surface area (Å²) < 4.78 is 0. The molecule has 0 saturated carbocycles. The van der Waals surface area contributed by atoms with Gasteiger partial charge in [-0.25, -0.2) is 9.86 Å². The Labute approximate surface area is 119 Å². The van der Waals surface area contributed by atoms with Crippen molar-refractivity contribution in [1.29, 1.82) is 0 Å². The SMILES string of the molecule is CCON(CC)C(=O)NC(C)(C)c1cccc(Cl)c1. The van der Waals surface area contributed by atoms with E-state index in [0.29, 0.717) is 18.2 Å². The van der Waals surface area contributed by atoms with Gasteiger partial charge in [0, 0.05) is 11.6 Å². The highest BCUT2D eigenvalue weighted by Gasteiger charge is 2.25. The molecule has 106 valence electrons. The summed E-state index contributed by atoms with van der Waals surface area (Å²) in [6.07, 6.45) is 0. The fourth-order valence-electron chi connectivity index (χ4n) is 1.73. The van der Waals surface area contributed by atoms with Gasteiger partial charge < -0.3 is 5.32 Å². The van der Waals surface area contributed by atoms with E-state index in [1.54, 1.807) is 0 Å². The molecule has 0 spiro atoms. The van der Waals surface area contributed by atoms with Crippen LogP contribution in [0, 0.1) is 0 Å². The Hall–Kier alpha value is -1.26. The molecule has 1 aromatic carbocycles. The van der Waals surface area contributed by atoms with Crippen LogP contribution in [-0.2, 0) is 10.4 Å². The molecule has 0 aliphatic carbocycles. The fraction of sp³-hybridized carbons (Fsp3) is 0.500. The van der Waals surface area contributed by atoms with Crippen molar-refractivity contribution in [3.8, 4) is 0 Å². The molecule has 0 aliphatic rings. The smallest absolute Gasteiger partial charge is 0.327 e. The van der Waals surface area contributed by atoms with Gasteiger partial charge in [-0.15, -0.1) is 0 Å². The highest BCUT2D eigenvalue weighted by molar-refractivity contribution is 6.30. The summed E-state index contributed by atoms with van der Waals surface area (Å²) in [6.45, 7) is 8.51. The average Bonchev–Trinajstić information content (AvgIpc) is 2.35. The van der Waals surface area contributed by atoms with Gasteiger partial charge in [0.1, 0.15) is 0 Å². The molecule has 1 rings (SSSR count). The summed E-state index contributed by atoms with van der Waals surface area (Å²) in [4.78, 5) is 17.3. The van der Waals surface area contributed by atoms with Crippen molar-refractivity contribution in [1.82, 2.24) is 10.4 Å². The molecule has 2 amide bonds. The number of hydrogen-bond acceptors (Lipinski definition) is 2. The van der Waals surface area contributed by atoms with Crippen LogP contribution in [0.2, 0.25) is 5.02 Å². The summed E-state index contributed by atoms with van der Waals surface area (Å²) in [5.74, 6) is 0. The third kappa shape index (κ3) is 4.40. The molecule has 0 unspecified atom stereocenters. The molecule has 1 aromatic rings. The van der Waals surface area contributed by atoms with Crippen molar-refractivity contribution >= 4 is 17.6 Å². The zero-order chi connectivity index (χ0) is 14.5. The Morgan fingerprint density at radius 3 is 2.63 bits per heavy atom. The maximum absolute atomic E-state index is 12.1. The summed E-state index contributed by atoms with van der Waals surface area (Å²) in [7, 11) is 0. The normalized spacial score (nSPS) is 11.2. The van der Waals surface area contributed by atoms with E-state index in [4.69, 9.17) is 16.4 Å². The molecule has 0 aromatic heterocycles. The number of hydrogen-bond donors (Lipinski definition) is 1. The van der Waals surface area contributed by atoms with E-state index in [1.807, 2.05) is 52.0 Å². The highest BCUT2D eigenvalue weighted by Crippen LogP contribution is 2.23. The van der Waals surface area contributed by atoms with Crippen LogP contribution in [0.15, 0.2) is 24.3 Å². The van der Waals surface area contributed by atoms with Gasteiger partial charge in [0.05, 0.1) is 12.1 Å². The summed E-state index contributed by atoms with van der Waals surface area (Å²) in [5.41, 5.74) is 0.424. The van der Waals surface area contributed by atoms with Crippen molar-refractivity contribution in [3.63, 3.8) is 0 Å². The second kappa shape index (κ2) is 6.78. The third-order valence-corrected chi connectivity index (χ3v) is 3.00. The van der Waals surface area contributed by atoms with E-state index in [0.717, 1.165) is 5.56 Å². The number of hydroxylamine groups is 2. The van der Waals surface area contributed by atoms with E-state index in [1.165, 1.54) is 5.06 Å². The molecule has 1 N–H and O–H groups in total. The molecular weight excluding hydrogens is 264 g/mol. The van der Waals surface area contributed by atoms with Crippen LogP contribution in [0.1, 0.15) is 33.3 Å². The van der Waals surface area contributed by atoms with E-state index in [-0.39, 0.29) is 6.03 Å². The number of carbonyl (C=O) groups is 1. The van der Waals surface area contributed by atoms with Crippen molar-refractivity contribution in [2.24, 2.45) is 0 Å². The number of rotatable bonds is 5. The second-order valence-corrected chi connectivity index (χ2v) is 5.11. The zero-order valence-corrected chi connectivity index (χ0v) is 12.6. The first kappa shape index (κ1) is 15.8. The van der Waals surface area contributed by atoms with Crippen LogP contribution in [0.3, 0.4) is 0 Å². The topological polar surface area (TPSA) is 41.6 Å². The largest absolute Gasteiger partial charge is 0.341 e. The maximum atomic E-state index is 12.1. The van der Waals surface area contributed by atoms with E-state index in [9.17, 15) is 4.79 Å². The van der Waals surface area contributed by atoms with Gasteiger partial charge in [0.25, 0.3) is 0 Å². The van der Waals surface area contributed by atoms with Crippen molar-refractivity contribution in [2.45, 2.75) is 33.2 Å². The molecule has 0 radical (unpaired) electrons. The molecule has 0 saturated heterocycles. The molecule has 0 aliphatic heterocycles. The number of amides is 2. The third-order valence-electron chi connectivity index (χ3n) is 2.76. The first-order chi connectivity index (χ1) is 8.90. The first-order valence-corrected chi connectivity index (χ1v) is 6.77. The Balaban J connectivity index is 2.81. The Morgan fingerprint density at radius 2 is 2.11 bits per heavy atom. The van der Waals surface area contributed by atoms with Gasteiger partial charge >= 0.3 is 6.03 Å². The summed E-state index contributed by atoms with van der Waals surface area (Å²) >= 11 is 5.98. The Morgan fingerprint density at radius 1 is 1.42 bits per heavy atom. The lowest BCUT2D eigenvalue weighted by molar-refractivity contribution is -0.110. The van der Waals surface area contributed by atoms with Crippen LogP contribution >= 0.6 is 11.6 Å². The standard InChI is InChI=1S/C14H21ClN2O2/c1-5-17(19-6-2)13(18)16-14(3,4)11-8-7-9-12(15)10-11/h7-10H,5-6H2,1-4H3,(H,16,18). The molecule has 4 nitrogen and oxygen atoms in total. The number of benzene rings is 1. The minimum atomic E-state index is -0.521. The van der Waals surface area contributed by atoms with Gasteiger partial charge in [-0.05, 0) is 45.4 Å². The number of nitrogens with one attached hydrogen (secondary N) is 1. The summed E-state index contributed by atoms with van der Waals surface area (Å²) in [6, 6.07) is 7.20. The lowest BCUT2D eigenvalue weighted by Gasteiger charge is -2.30. The lowest BCUT2D eigenvalue weighted by atomic mass is 9.94. The lowest BCUT2D eigenvalue weighted by Crippen LogP contribution is -2.48. The Kier molecular flexibility index (Phi) is 5.63. The Bertz CT molecular complexity index is 435. The van der Waals surface area contributed by atoms with Gasteiger partial charge in [-0.2, -0.15) is 0 Å². The highest BCUT2D eigenvalue weighted by atomic mass is 35.5. The summed E-state index contributed by atoms with van der Waals surface area (Å²) in [5, 5.41) is 4.90. The number of nitrogens with zero attached hydrogens (tertiary/aromatic N) is 1. The van der Waals surface area contributed by atoms with Gasteiger partial charge in [-0.3, -0.25) is 4.84 Å². The van der Waals surface area contributed by atoms with Crippen molar-refractivity contribution in [3.05, 3.63) is 34.9 Å². The van der Waals surface area contributed by atoms with Crippen molar-refractivity contribution in [2.75, 3.05) is 13.2 Å². The minimum Gasteiger partial charge on any atom is -0.327 e. The predicted molar refractivity (Wildman–Crippen MR) is 77.0 cm³/mol. The van der Waals surface area contributed by atoms with Gasteiger partial charge in [0.2, 0.25) is 0 Å². The number of halogens is 1. The zero-order valence-electron chi connectivity index (χ0n) is 11.9. The van der Waals surface area contributed by atoms with Gasteiger partial charge in [-0.1, -0.05) is 23.7 Å². The van der Waals surface area contributed by atoms with E-state index < -0.39 is 5.54 Å². The average molecular weight is 285 g/mol. The first-order valence-electron chi connectivity index (χ1n) is 6.39. The van der Waals surface area contributed by atoms with E-state index >= 15 is 0 Å². The van der Waals surface area contributed by atoms with Crippen molar-refractivity contribution < 1.29 is 9.63 Å². The maximum Gasteiger partial charge on any atom is 0.341 e. The second-order valence-electron chi connectivity index (χ2n) is 4.68. The van der Waals surface area contributed by atoms with Gasteiger partial charge in [0.15, 0.2) is 0 Å². The van der Waals surface area contributed by atoms with Crippen LogP contribution in [-0.4, -0.2) is 24.2 Å². The monoisotopic (exact) mass is 284 g/mol.